The van der Waals surface area contributed by atoms with Crippen LogP contribution in [0.2, 0.25) is 0 Å². The van der Waals surface area contributed by atoms with Crippen LogP contribution in [0, 0.1) is 5.82 Å². The summed E-state index contributed by atoms with van der Waals surface area (Å²) in [6.07, 6.45) is 1.22. The molecule has 1 aromatic carbocycles. The Morgan fingerprint density at radius 1 is 1.50 bits per heavy atom. The lowest BCUT2D eigenvalue weighted by Crippen LogP contribution is -1.95. The summed E-state index contributed by atoms with van der Waals surface area (Å²) >= 11 is 3.18. The van der Waals surface area contributed by atoms with Crippen LogP contribution in [-0.4, -0.2) is 21.0 Å². The number of carboxylic acid groups (broad SMARTS) is 1. The van der Waals surface area contributed by atoms with Crippen molar-refractivity contribution in [2.45, 2.75) is 0 Å². The van der Waals surface area contributed by atoms with Crippen LogP contribution in [0.1, 0.15) is 10.5 Å². The molecule has 4 nitrogen and oxygen atoms in total. The predicted octanol–water partition coefficient (Wildman–Crippen LogP) is 2.68. The summed E-state index contributed by atoms with van der Waals surface area (Å²) < 4.78 is 13.4. The molecule has 0 amide bonds. The van der Waals surface area contributed by atoms with E-state index in [4.69, 9.17) is 5.11 Å². The number of H-pyrrole nitrogens is 1. The Kier molecular flexibility index (Phi) is 2.74. The van der Waals surface area contributed by atoms with Crippen molar-refractivity contribution >= 4 is 21.9 Å². The second-order valence-corrected chi connectivity index (χ2v) is 3.93. The number of aromatic carboxylic acids is 1. The highest BCUT2D eigenvalue weighted by molar-refractivity contribution is 9.10. The van der Waals surface area contributed by atoms with Crippen molar-refractivity contribution in [2.75, 3.05) is 0 Å². The van der Waals surface area contributed by atoms with Crippen LogP contribution < -0.4 is 0 Å². The fraction of sp³-hybridized carbons (Fsp3) is 0. The summed E-state index contributed by atoms with van der Waals surface area (Å²) in [7, 11) is 0. The van der Waals surface area contributed by atoms with Crippen LogP contribution in [0.4, 0.5) is 4.39 Å². The van der Waals surface area contributed by atoms with Crippen molar-refractivity contribution < 1.29 is 14.3 Å². The van der Waals surface area contributed by atoms with Gasteiger partial charge in [0.25, 0.3) is 0 Å². The predicted molar refractivity (Wildman–Crippen MR) is 58.6 cm³/mol. The van der Waals surface area contributed by atoms with E-state index in [-0.39, 0.29) is 11.5 Å². The van der Waals surface area contributed by atoms with Gasteiger partial charge in [-0.15, -0.1) is 0 Å². The summed E-state index contributed by atoms with van der Waals surface area (Å²) in [5, 5.41) is 8.72. The first-order valence-corrected chi connectivity index (χ1v) is 5.11. The number of imidazole rings is 1. The van der Waals surface area contributed by atoms with E-state index in [2.05, 4.69) is 25.9 Å². The Hall–Kier alpha value is -1.69. The monoisotopic (exact) mass is 284 g/mol. The number of aromatic amines is 1. The Balaban J connectivity index is 2.46. The summed E-state index contributed by atoms with van der Waals surface area (Å²) in [5.41, 5.74) is 0.597. The lowest BCUT2D eigenvalue weighted by Gasteiger charge is -2.00. The van der Waals surface area contributed by atoms with E-state index in [0.717, 1.165) is 0 Å². The minimum absolute atomic E-state index is 0.00812. The Morgan fingerprint density at radius 3 is 2.81 bits per heavy atom. The number of benzene rings is 1. The normalized spacial score (nSPS) is 10.4. The molecular weight excluding hydrogens is 279 g/mol. The Bertz CT molecular complexity index is 554. The summed E-state index contributed by atoms with van der Waals surface area (Å²) in [6, 6.07) is 4.09. The van der Waals surface area contributed by atoms with Crippen LogP contribution in [-0.2, 0) is 0 Å². The van der Waals surface area contributed by atoms with Crippen LogP contribution in [0.5, 0.6) is 0 Å². The number of carbonyl (C=O) groups is 1. The molecule has 2 rings (SSSR count). The quantitative estimate of drug-likeness (QED) is 0.891. The van der Waals surface area contributed by atoms with Gasteiger partial charge in [-0.2, -0.15) is 0 Å². The maximum Gasteiger partial charge on any atom is 0.353 e. The average molecular weight is 285 g/mol. The molecule has 0 spiro atoms. The molecule has 0 radical (unpaired) electrons. The second kappa shape index (κ2) is 4.05. The number of halogens is 2. The van der Waals surface area contributed by atoms with E-state index < -0.39 is 5.97 Å². The third-order valence-corrected chi connectivity index (χ3v) is 2.65. The number of rotatable bonds is 2. The van der Waals surface area contributed by atoms with Gasteiger partial charge in [-0.25, -0.2) is 14.2 Å². The van der Waals surface area contributed by atoms with Gasteiger partial charge in [0.05, 0.1) is 6.20 Å². The third-order valence-electron chi connectivity index (χ3n) is 1.99. The van der Waals surface area contributed by atoms with E-state index in [0.29, 0.717) is 15.9 Å². The van der Waals surface area contributed by atoms with E-state index in [1.165, 1.54) is 24.4 Å². The molecule has 0 bridgehead atoms. The first kappa shape index (κ1) is 10.8. The summed E-state index contributed by atoms with van der Waals surface area (Å²) in [4.78, 5) is 17.2. The molecule has 2 aromatic rings. The van der Waals surface area contributed by atoms with Crippen molar-refractivity contribution in [1.82, 2.24) is 9.97 Å². The molecule has 1 aromatic heterocycles. The summed E-state index contributed by atoms with van der Waals surface area (Å²) in [6.45, 7) is 0. The first-order chi connectivity index (χ1) is 7.58. The van der Waals surface area contributed by atoms with Crippen molar-refractivity contribution in [3.63, 3.8) is 0 Å². The van der Waals surface area contributed by atoms with E-state index >= 15 is 0 Å². The smallest absolute Gasteiger partial charge is 0.353 e. The SMILES string of the molecule is O=C(O)c1cnc(-c2ccc(F)cc2Br)[nH]1. The van der Waals surface area contributed by atoms with Gasteiger partial charge in [0.1, 0.15) is 17.3 Å². The molecule has 0 saturated heterocycles. The number of hydrogen-bond donors (Lipinski definition) is 2. The van der Waals surface area contributed by atoms with Gasteiger partial charge in [-0.05, 0) is 34.1 Å². The van der Waals surface area contributed by atoms with Crippen LogP contribution >= 0.6 is 15.9 Å². The van der Waals surface area contributed by atoms with Crippen LogP contribution in [0.15, 0.2) is 28.9 Å². The molecular formula is C10H6BrFN2O2. The largest absolute Gasteiger partial charge is 0.477 e. The maximum atomic E-state index is 12.8. The van der Waals surface area contributed by atoms with Gasteiger partial charge < -0.3 is 10.1 Å². The molecule has 0 saturated carbocycles. The minimum Gasteiger partial charge on any atom is -0.477 e. The molecule has 6 heteroatoms. The lowest BCUT2D eigenvalue weighted by molar-refractivity contribution is 0.0691. The fourth-order valence-corrected chi connectivity index (χ4v) is 1.79. The van der Waals surface area contributed by atoms with Crippen molar-refractivity contribution in [3.05, 3.63) is 40.4 Å². The number of hydrogen-bond acceptors (Lipinski definition) is 2. The van der Waals surface area contributed by atoms with Crippen molar-refractivity contribution in [3.8, 4) is 11.4 Å². The third kappa shape index (κ3) is 1.96. The van der Waals surface area contributed by atoms with Gasteiger partial charge in [-0.1, -0.05) is 0 Å². The lowest BCUT2D eigenvalue weighted by atomic mass is 10.2. The Labute approximate surface area is 98.3 Å². The van der Waals surface area contributed by atoms with Gasteiger partial charge in [0, 0.05) is 10.0 Å². The van der Waals surface area contributed by atoms with E-state index in [1.807, 2.05) is 0 Å². The number of nitrogens with zero attached hydrogens (tertiary/aromatic N) is 1. The molecule has 0 aliphatic heterocycles. The first-order valence-electron chi connectivity index (χ1n) is 4.31. The van der Waals surface area contributed by atoms with Crippen molar-refractivity contribution in [2.24, 2.45) is 0 Å². The number of carboxylic acids is 1. The average Bonchev–Trinajstić information content (AvgIpc) is 2.66. The highest BCUT2D eigenvalue weighted by Crippen LogP contribution is 2.26. The fourth-order valence-electron chi connectivity index (χ4n) is 1.25. The molecule has 0 unspecified atom stereocenters. The standard InChI is InChI=1S/C10H6BrFN2O2/c11-7-3-5(12)1-2-6(7)9-13-4-8(14-9)10(15)16/h1-4H,(H,13,14)(H,15,16). The van der Waals surface area contributed by atoms with E-state index in [9.17, 15) is 9.18 Å². The van der Waals surface area contributed by atoms with Crippen molar-refractivity contribution in [1.29, 1.82) is 0 Å². The molecule has 16 heavy (non-hydrogen) atoms. The second-order valence-electron chi connectivity index (χ2n) is 3.07. The highest BCUT2D eigenvalue weighted by atomic mass is 79.9. The zero-order valence-electron chi connectivity index (χ0n) is 7.87. The molecule has 0 aliphatic rings. The Morgan fingerprint density at radius 2 is 2.25 bits per heavy atom. The molecule has 0 fully saturated rings. The molecule has 82 valence electrons. The minimum atomic E-state index is -1.09. The molecule has 0 aliphatic carbocycles. The van der Waals surface area contributed by atoms with Crippen LogP contribution in [0.3, 0.4) is 0 Å². The zero-order valence-corrected chi connectivity index (χ0v) is 9.45. The number of aromatic nitrogens is 2. The molecule has 2 N–H and O–H groups in total. The van der Waals surface area contributed by atoms with Crippen LogP contribution in [0.25, 0.3) is 11.4 Å². The maximum absolute atomic E-state index is 12.8. The molecule has 0 atom stereocenters. The number of nitrogens with one attached hydrogen (secondary N) is 1. The summed E-state index contributed by atoms with van der Waals surface area (Å²) in [5.74, 6) is -1.08. The zero-order chi connectivity index (χ0) is 11.7. The van der Waals surface area contributed by atoms with Gasteiger partial charge >= 0.3 is 5.97 Å². The van der Waals surface area contributed by atoms with E-state index in [1.54, 1.807) is 0 Å². The van der Waals surface area contributed by atoms with Gasteiger partial charge in [0.15, 0.2) is 0 Å². The van der Waals surface area contributed by atoms with Gasteiger partial charge in [0.2, 0.25) is 0 Å². The van der Waals surface area contributed by atoms with Gasteiger partial charge in [-0.3, -0.25) is 0 Å². The topological polar surface area (TPSA) is 66.0 Å². The molecule has 1 heterocycles. The highest BCUT2D eigenvalue weighted by Gasteiger charge is 2.11.